The first-order chi connectivity index (χ1) is 7.16. The lowest BCUT2D eigenvalue weighted by Gasteiger charge is -2.16. The quantitative estimate of drug-likeness (QED) is 0.791. The Hall–Kier alpha value is -0.820. The summed E-state index contributed by atoms with van der Waals surface area (Å²) in [7, 11) is 0. The summed E-state index contributed by atoms with van der Waals surface area (Å²) in [4.78, 5) is 0. The molecule has 15 heavy (non-hydrogen) atoms. The molecular formula is C14H21N. The molecule has 0 heterocycles. The molecule has 1 saturated carbocycles. The number of hydrogen-bond acceptors (Lipinski definition) is 1. The smallest absolute Gasteiger partial charge is 0.0294 e. The maximum Gasteiger partial charge on any atom is 0.0294 e. The Morgan fingerprint density at radius 3 is 2.67 bits per heavy atom. The average Bonchev–Trinajstić information content (AvgIpc) is 2.97. The van der Waals surface area contributed by atoms with Gasteiger partial charge in [-0.2, -0.15) is 0 Å². The minimum Gasteiger partial charge on any atom is -0.310 e. The summed E-state index contributed by atoms with van der Waals surface area (Å²) in [5.41, 5.74) is 4.21. The number of aryl methyl sites for hydroxylation is 2. The average molecular weight is 203 g/mol. The molecule has 0 amide bonds. The van der Waals surface area contributed by atoms with Crippen LogP contribution in [0.1, 0.15) is 42.5 Å². The molecule has 0 aliphatic heterocycles. The van der Waals surface area contributed by atoms with Gasteiger partial charge >= 0.3 is 0 Å². The van der Waals surface area contributed by atoms with E-state index in [0.717, 1.165) is 5.92 Å². The van der Waals surface area contributed by atoms with E-state index in [2.05, 4.69) is 44.3 Å². The van der Waals surface area contributed by atoms with Crippen molar-refractivity contribution >= 4 is 0 Å². The second-order valence-corrected chi connectivity index (χ2v) is 4.93. The molecule has 1 N–H and O–H groups in total. The molecule has 1 unspecified atom stereocenters. The lowest BCUT2D eigenvalue weighted by atomic mass is 10.0. The fourth-order valence-corrected chi connectivity index (χ4v) is 2.09. The molecule has 1 heteroatoms. The fourth-order valence-electron chi connectivity index (χ4n) is 2.09. The minimum absolute atomic E-state index is 0.492. The van der Waals surface area contributed by atoms with Crippen molar-refractivity contribution in [3.63, 3.8) is 0 Å². The van der Waals surface area contributed by atoms with Gasteiger partial charge in [0.25, 0.3) is 0 Å². The van der Waals surface area contributed by atoms with Crippen molar-refractivity contribution in [2.45, 2.75) is 39.7 Å². The second kappa shape index (κ2) is 4.36. The van der Waals surface area contributed by atoms with E-state index in [1.54, 1.807) is 0 Å². The third-order valence-electron chi connectivity index (χ3n) is 3.30. The SMILES string of the molecule is Cc1ccc(C(C)NCC2CC2)c(C)c1. The van der Waals surface area contributed by atoms with Gasteiger partial charge in [0.15, 0.2) is 0 Å². The lowest BCUT2D eigenvalue weighted by Crippen LogP contribution is -2.21. The Labute approximate surface area is 92.9 Å². The standard InChI is InChI=1S/C14H21N/c1-10-4-7-14(11(2)8-10)12(3)15-9-13-5-6-13/h4,7-8,12-13,15H,5-6,9H2,1-3H3. The maximum absolute atomic E-state index is 3.62. The second-order valence-electron chi connectivity index (χ2n) is 4.93. The summed E-state index contributed by atoms with van der Waals surface area (Å²) in [5, 5.41) is 3.62. The van der Waals surface area contributed by atoms with Crippen molar-refractivity contribution in [2.75, 3.05) is 6.54 Å². The highest BCUT2D eigenvalue weighted by Gasteiger charge is 2.21. The van der Waals surface area contributed by atoms with Crippen LogP contribution >= 0.6 is 0 Å². The highest BCUT2D eigenvalue weighted by atomic mass is 14.9. The molecular weight excluding hydrogens is 182 g/mol. The largest absolute Gasteiger partial charge is 0.310 e. The molecule has 82 valence electrons. The molecule has 0 saturated heterocycles. The van der Waals surface area contributed by atoms with Gasteiger partial charge in [-0.15, -0.1) is 0 Å². The number of rotatable bonds is 4. The van der Waals surface area contributed by atoms with Crippen LogP contribution in [-0.4, -0.2) is 6.54 Å². The first-order valence-corrected chi connectivity index (χ1v) is 5.97. The van der Waals surface area contributed by atoms with Crippen LogP contribution in [0.5, 0.6) is 0 Å². The molecule has 1 nitrogen and oxygen atoms in total. The summed E-state index contributed by atoms with van der Waals surface area (Å²) < 4.78 is 0. The van der Waals surface area contributed by atoms with Crippen molar-refractivity contribution in [1.82, 2.24) is 5.32 Å². The highest BCUT2D eigenvalue weighted by molar-refractivity contribution is 5.32. The van der Waals surface area contributed by atoms with E-state index in [4.69, 9.17) is 0 Å². The first-order valence-electron chi connectivity index (χ1n) is 5.97. The summed E-state index contributed by atoms with van der Waals surface area (Å²) in [6.07, 6.45) is 2.85. The Balaban J connectivity index is 1.99. The zero-order valence-corrected chi connectivity index (χ0v) is 10.0. The van der Waals surface area contributed by atoms with Crippen LogP contribution in [0.2, 0.25) is 0 Å². The van der Waals surface area contributed by atoms with Gasteiger partial charge in [0.05, 0.1) is 0 Å². The first kappa shape index (κ1) is 10.7. The Bertz CT molecular complexity index is 339. The van der Waals surface area contributed by atoms with E-state index in [1.807, 2.05) is 0 Å². The number of benzene rings is 1. The molecule has 1 aromatic carbocycles. The Kier molecular flexibility index (Phi) is 3.11. The van der Waals surface area contributed by atoms with Crippen LogP contribution in [0, 0.1) is 19.8 Å². The molecule has 2 rings (SSSR count). The number of hydrogen-bond donors (Lipinski definition) is 1. The van der Waals surface area contributed by atoms with Crippen LogP contribution in [0.15, 0.2) is 18.2 Å². The van der Waals surface area contributed by atoms with E-state index in [-0.39, 0.29) is 0 Å². The molecule has 1 fully saturated rings. The van der Waals surface area contributed by atoms with Gasteiger partial charge in [-0.25, -0.2) is 0 Å². The zero-order chi connectivity index (χ0) is 10.8. The van der Waals surface area contributed by atoms with E-state index < -0.39 is 0 Å². The summed E-state index contributed by atoms with van der Waals surface area (Å²) >= 11 is 0. The molecule has 0 aromatic heterocycles. The van der Waals surface area contributed by atoms with Gasteiger partial charge in [0.1, 0.15) is 0 Å². The van der Waals surface area contributed by atoms with Crippen LogP contribution in [0.3, 0.4) is 0 Å². The van der Waals surface area contributed by atoms with E-state index in [1.165, 1.54) is 36.1 Å². The highest BCUT2D eigenvalue weighted by Crippen LogP contribution is 2.29. The molecule has 0 bridgehead atoms. The Morgan fingerprint density at radius 1 is 1.33 bits per heavy atom. The maximum atomic E-state index is 3.62. The summed E-state index contributed by atoms with van der Waals surface area (Å²) in [5.74, 6) is 0.957. The lowest BCUT2D eigenvalue weighted by molar-refractivity contribution is 0.547. The summed E-state index contributed by atoms with van der Waals surface area (Å²) in [6, 6.07) is 7.23. The van der Waals surface area contributed by atoms with Gasteiger partial charge in [-0.1, -0.05) is 23.8 Å². The van der Waals surface area contributed by atoms with Crippen LogP contribution < -0.4 is 5.32 Å². The normalized spacial score (nSPS) is 17.8. The van der Waals surface area contributed by atoms with Gasteiger partial charge in [0.2, 0.25) is 0 Å². The van der Waals surface area contributed by atoms with Crippen LogP contribution in [0.25, 0.3) is 0 Å². The molecule has 0 spiro atoms. The predicted octanol–water partition coefficient (Wildman–Crippen LogP) is 3.36. The minimum atomic E-state index is 0.492. The topological polar surface area (TPSA) is 12.0 Å². The molecule has 1 aliphatic rings. The molecule has 1 aromatic rings. The van der Waals surface area contributed by atoms with Crippen LogP contribution in [-0.2, 0) is 0 Å². The monoisotopic (exact) mass is 203 g/mol. The van der Waals surface area contributed by atoms with Gasteiger partial charge in [-0.3, -0.25) is 0 Å². The van der Waals surface area contributed by atoms with E-state index >= 15 is 0 Å². The van der Waals surface area contributed by atoms with Gasteiger partial charge < -0.3 is 5.32 Å². The third-order valence-corrected chi connectivity index (χ3v) is 3.30. The van der Waals surface area contributed by atoms with Crippen molar-refractivity contribution in [2.24, 2.45) is 5.92 Å². The van der Waals surface area contributed by atoms with Crippen LogP contribution in [0.4, 0.5) is 0 Å². The van der Waals surface area contributed by atoms with Gasteiger partial charge in [0, 0.05) is 6.04 Å². The van der Waals surface area contributed by atoms with Crippen molar-refractivity contribution in [1.29, 1.82) is 0 Å². The fraction of sp³-hybridized carbons (Fsp3) is 0.571. The third kappa shape index (κ3) is 2.82. The van der Waals surface area contributed by atoms with Gasteiger partial charge in [-0.05, 0) is 57.2 Å². The Morgan fingerprint density at radius 2 is 2.07 bits per heavy atom. The van der Waals surface area contributed by atoms with Crippen molar-refractivity contribution in [3.8, 4) is 0 Å². The number of nitrogens with one attached hydrogen (secondary N) is 1. The van der Waals surface area contributed by atoms with Crippen molar-refractivity contribution in [3.05, 3.63) is 34.9 Å². The molecule has 1 aliphatic carbocycles. The molecule has 0 radical (unpaired) electrons. The molecule has 1 atom stereocenters. The summed E-state index contributed by atoms with van der Waals surface area (Å²) in [6.45, 7) is 7.81. The van der Waals surface area contributed by atoms with Crippen molar-refractivity contribution < 1.29 is 0 Å². The zero-order valence-electron chi connectivity index (χ0n) is 10.0. The van der Waals surface area contributed by atoms with E-state index in [9.17, 15) is 0 Å². The predicted molar refractivity (Wildman–Crippen MR) is 65.1 cm³/mol. The van der Waals surface area contributed by atoms with E-state index in [0.29, 0.717) is 6.04 Å².